The first kappa shape index (κ1) is 16.0. The van der Waals surface area contributed by atoms with Crippen molar-refractivity contribution >= 4 is 30.8 Å². The molecular formula is C9H17LiO4. The molecule has 0 fully saturated rings. The summed E-state index contributed by atoms with van der Waals surface area (Å²) in [4.78, 5) is 21.4. The second-order valence-corrected chi connectivity index (χ2v) is 3.85. The van der Waals surface area contributed by atoms with Crippen molar-refractivity contribution in [2.75, 3.05) is 0 Å². The molecule has 0 atom stereocenters. The predicted octanol–water partition coefficient (Wildman–Crippen LogP) is 0.950. The summed E-state index contributed by atoms with van der Waals surface area (Å²) in [5, 5.41) is 17.5. The summed E-state index contributed by atoms with van der Waals surface area (Å²) in [5.41, 5.74) is -0.688. The summed E-state index contributed by atoms with van der Waals surface area (Å²) in [6.45, 7) is 5.25. The van der Waals surface area contributed by atoms with Gasteiger partial charge in [-0.2, -0.15) is 0 Å². The van der Waals surface area contributed by atoms with Gasteiger partial charge in [-0.3, -0.25) is 9.59 Å². The molecule has 0 aromatic heterocycles. The number of carboxylic acids is 2. The van der Waals surface area contributed by atoms with E-state index in [9.17, 15) is 9.59 Å². The SMILES string of the molecule is CCCC(C)(C)C(C(=O)O)C(=O)O.[LiH]. The van der Waals surface area contributed by atoms with Crippen LogP contribution in [0.5, 0.6) is 0 Å². The van der Waals surface area contributed by atoms with Gasteiger partial charge in [-0.25, -0.2) is 0 Å². The molecule has 0 aliphatic rings. The normalized spacial score (nSPS) is 10.9. The molecule has 0 aliphatic heterocycles. The fourth-order valence-electron chi connectivity index (χ4n) is 1.56. The monoisotopic (exact) mass is 196 g/mol. The molecule has 0 amide bonds. The molecule has 0 saturated carbocycles. The van der Waals surface area contributed by atoms with Crippen molar-refractivity contribution in [2.24, 2.45) is 11.3 Å². The van der Waals surface area contributed by atoms with Gasteiger partial charge < -0.3 is 10.2 Å². The Bertz CT molecular complexity index is 199. The molecule has 14 heavy (non-hydrogen) atoms. The quantitative estimate of drug-likeness (QED) is 0.507. The molecule has 0 saturated heterocycles. The molecule has 0 unspecified atom stereocenters. The zero-order chi connectivity index (χ0) is 10.6. The summed E-state index contributed by atoms with van der Waals surface area (Å²) < 4.78 is 0. The fraction of sp³-hybridized carbons (Fsp3) is 0.778. The van der Waals surface area contributed by atoms with Crippen molar-refractivity contribution in [1.29, 1.82) is 0 Å². The van der Waals surface area contributed by atoms with E-state index in [2.05, 4.69) is 0 Å². The van der Waals surface area contributed by atoms with E-state index < -0.39 is 23.3 Å². The molecule has 0 bridgehead atoms. The Hall–Kier alpha value is -0.463. The Morgan fingerprint density at radius 3 is 1.79 bits per heavy atom. The molecule has 4 nitrogen and oxygen atoms in total. The molecule has 0 aromatic carbocycles. The van der Waals surface area contributed by atoms with Gasteiger partial charge in [-0.05, 0) is 11.8 Å². The third-order valence-electron chi connectivity index (χ3n) is 2.17. The van der Waals surface area contributed by atoms with Crippen LogP contribution in [0.15, 0.2) is 0 Å². The van der Waals surface area contributed by atoms with Crippen LogP contribution in [0.25, 0.3) is 0 Å². The molecule has 0 radical (unpaired) electrons. The summed E-state index contributed by atoms with van der Waals surface area (Å²) in [7, 11) is 0. The second-order valence-electron chi connectivity index (χ2n) is 3.85. The van der Waals surface area contributed by atoms with Gasteiger partial charge in [0.1, 0.15) is 0 Å². The van der Waals surface area contributed by atoms with Crippen LogP contribution in [0.4, 0.5) is 0 Å². The maximum absolute atomic E-state index is 10.7. The molecule has 5 heteroatoms. The molecular weight excluding hydrogens is 179 g/mol. The minimum atomic E-state index is -1.31. The number of hydrogen-bond acceptors (Lipinski definition) is 2. The van der Waals surface area contributed by atoms with Crippen molar-refractivity contribution < 1.29 is 19.8 Å². The summed E-state index contributed by atoms with van der Waals surface area (Å²) >= 11 is 0. The minimum absolute atomic E-state index is 0. The van der Waals surface area contributed by atoms with Crippen LogP contribution in [-0.2, 0) is 9.59 Å². The van der Waals surface area contributed by atoms with Crippen molar-refractivity contribution in [3.05, 3.63) is 0 Å². The molecule has 0 rings (SSSR count). The van der Waals surface area contributed by atoms with Crippen molar-refractivity contribution in [2.45, 2.75) is 33.6 Å². The van der Waals surface area contributed by atoms with Crippen LogP contribution >= 0.6 is 0 Å². The van der Waals surface area contributed by atoms with Gasteiger partial charge in [-0.1, -0.05) is 27.2 Å². The van der Waals surface area contributed by atoms with Crippen molar-refractivity contribution in [1.82, 2.24) is 0 Å². The standard InChI is InChI=1S/C9H16O4.Li.H/c1-4-5-9(2,3)6(7(10)11)8(12)13;;/h6H,4-5H2,1-3H3,(H,10,11)(H,12,13);;. The summed E-state index contributed by atoms with van der Waals surface area (Å²) in [5.74, 6) is -3.83. The maximum atomic E-state index is 10.7. The van der Waals surface area contributed by atoms with E-state index in [1.54, 1.807) is 13.8 Å². The first-order chi connectivity index (χ1) is 5.83. The Labute approximate surface area is 95.9 Å². The number of carbonyl (C=O) groups is 2. The van der Waals surface area contributed by atoms with Gasteiger partial charge in [0, 0.05) is 0 Å². The van der Waals surface area contributed by atoms with Crippen LogP contribution in [0, 0.1) is 11.3 Å². The van der Waals surface area contributed by atoms with E-state index in [1.165, 1.54) is 0 Å². The Morgan fingerprint density at radius 1 is 1.21 bits per heavy atom. The number of rotatable bonds is 5. The third-order valence-corrected chi connectivity index (χ3v) is 2.17. The molecule has 0 aliphatic carbocycles. The van der Waals surface area contributed by atoms with E-state index in [0.717, 1.165) is 6.42 Å². The van der Waals surface area contributed by atoms with Gasteiger partial charge in [0.2, 0.25) is 0 Å². The molecule has 0 spiro atoms. The molecule has 78 valence electrons. The van der Waals surface area contributed by atoms with E-state index in [-0.39, 0.29) is 18.9 Å². The third kappa shape index (κ3) is 4.17. The zero-order valence-electron chi connectivity index (χ0n) is 8.20. The van der Waals surface area contributed by atoms with E-state index in [0.29, 0.717) is 6.42 Å². The van der Waals surface area contributed by atoms with Gasteiger partial charge in [-0.15, -0.1) is 0 Å². The first-order valence-electron chi connectivity index (χ1n) is 4.28. The van der Waals surface area contributed by atoms with Gasteiger partial charge >= 0.3 is 30.8 Å². The van der Waals surface area contributed by atoms with Crippen molar-refractivity contribution in [3.8, 4) is 0 Å². The average molecular weight is 196 g/mol. The van der Waals surface area contributed by atoms with Crippen molar-refractivity contribution in [3.63, 3.8) is 0 Å². The average Bonchev–Trinajstić information content (AvgIpc) is 1.82. The predicted molar refractivity (Wildman–Crippen MR) is 54.6 cm³/mol. The second kappa shape index (κ2) is 6.10. The Morgan fingerprint density at radius 2 is 1.57 bits per heavy atom. The number of carboxylic acid groups (broad SMARTS) is 2. The Balaban J connectivity index is 0. The molecule has 0 heterocycles. The van der Waals surface area contributed by atoms with Crippen LogP contribution in [-0.4, -0.2) is 41.0 Å². The van der Waals surface area contributed by atoms with Crippen LogP contribution in [0.2, 0.25) is 0 Å². The van der Waals surface area contributed by atoms with Crippen LogP contribution < -0.4 is 0 Å². The van der Waals surface area contributed by atoms with Crippen LogP contribution in [0.3, 0.4) is 0 Å². The molecule has 0 aromatic rings. The van der Waals surface area contributed by atoms with E-state index >= 15 is 0 Å². The fourth-order valence-corrected chi connectivity index (χ4v) is 1.56. The molecule has 2 N–H and O–H groups in total. The van der Waals surface area contributed by atoms with Gasteiger partial charge in [0.25, 0.3) is 0 Å². The zero-order valence-corrected chi connectivity index (χ0v) is 8.20. The van der Waals surface area contributed by atoms with Gasteiger partial charge in [0.05, 0.1) is 0 Å². The van der Waals surface area contributed by atoms with E-state index in [1.807, 2.05) is 6.92 Å². The number of hydrogen-bond donors (Lipinski definition) is 2. The first-order valence-corrected chi connectivity index (χ1v) is 4.28. The Kier molecular flexibility index (Phi) is 6.97. The number of aliphatic carboxylic acids is 2. The topological polar surface area (TPSA) is 74.6 Å². The van der Waals surface area contributed by atoms with E-state index in [4.69, 9.17) is 10.2 Å². The van der Waals surface area contributed by atoms with Gasteiger partial charge in [0.15, 0.2) is 5.92 Å². The summed E-state index contributed by atoms with van der Waals surface area (Å²) in [6, 6.07) is 0. The van der Waals surface area contributed by atoms with Crippen LogP contribution in [0.1, 0.15) is 33.6 Å². The summed E-state index contributed by atoms with van der Waals surface area (Å²) in [6.07, 6.45) is 1.38.